The molecule has 1 rings (SSSR count). The number of allylic oxidation sites excluding steroid dienone is 3. The van der Waals surface area contributed by atoms with Gasteiger partial charge in [-0.1, -0.05) is 12.2 Å². The van der Waals surface area contributed by atoms with Crippen LogP contribution in [-0.2, 0) is 4.79 Å². The first-order valence-corrected chi connectivity index (χ1v) is 3.59. The Bertz CT molecular complexity index is 199. The minimum Gasteiger partial charge on any atom is -0.295 e. The van der Waals surface area contributed by atoms with Gasteiger partial charge in [0, 0.05) is 6.42 Å². The first-order chi connectivity index (χ1) is 4.70. The van der Waals surface area contributed by atoms with E-state index in [1.165, 1.54) is 0 Å². The molecular formula is C9H12O. The molecule has 0 N–H and O–H groups in total. The molecule has 0 atom stereocenters. The highest BCUT2D eigenvalue weighted by Gasteiger charge is 2.09. The third-order valence-electron chi connectivity index (χ3n) is 1.75. The average molecular weight is 136 g/mol. The molecular weight excluding hydrogens is 124 g/mol. The SMILES string of the molecule is C=C(C)C1=CC(=O)CCC1. The van der Waals surface area contributed by atoms with Crippen LogP contribution in [0.2, 0.25) is 0 Å². The Morgan fingerprint density at radius 1 is 1.60 bits per heavy atom. The van der Waals surface area contributed by atoms with E-state index in [4.69, 9.17) is 0 Å². The minimum atomic E-state index is 0.254. The fraction of sp³-hybridized carbons (Fsp3) is 0.444. The molecule has 0 radical (unpaired) electrons. The highest BCUT2D eigenvalue weighted by Crippen LogP contribution is 2.20. The number of carbonyl (C=O) groups is 1. The summed E-state index contributed by atoms with van der Waals surface area (Å²) in [6, 6.07) is 0. The van der Waals surface area contributed by atoms with Crippen molar-refractivity contribution in [3.8, 4) is 0 Å². The molecule has 0 fully saturated rings. The molecule has 54 valence electrons. The molecule has 0 spiro atoms. The smallest absolute Gasteiger partial charge is 0.155 e. The van der Waals surface area contributed by atoms with E-state index in [1.54, 1.807) is 6.08 Å². The highest BCUT2D eigenvalue weighted by atomic mass is 16.1. The zero-order chi connectivity index (χ0) is 7.56. The third kappa shape index (κ3) is 1.56. The summed E-state index contributed by atoms with van der Waals surface area (Å²) in [7, 11) is 0. The van der Waals surface area contributed by atoms with Crippen LogP contribution in [0.1, 0.15) is 26.2 Å². The van der Waals surface area contributed by atoms with Crippen molar-refractivity contribution in [2.24, 2.45) is 0 Å². The third-order valence-corrected chi connectivity index (χ3v) is 1.75. The van der Waals surface area contributed by atoms with Crippen LogP contribution >= 0.6 is 0 Å². The predicted molar refractivity (Wildman–Crippen MR) is 41.8 cm³/mol. The van der Waals surface area contributed by atoms with E-state index in [0.717, 1.165) is 30.4 Å². The Morgan fingerprint density at radius 3 is 2.70 bits per heavy atom. The van der Waals surface area contributed by atoms with E-state index < -0.39 is 0 Å². The summed E-state index contributed by atoms with van der Waals surface area (Å²) in [5.74, 6) is 0.254. The summed E-state index contributed by atoms with van der Waals surface area (Å²) in [4.78, 5) is 10.9. The Morgan fingerprint density at radius 2 is 2.30 bits per heavy atom. The van der Waals surface area contributed by atoms with Gasteiger partial charge in [-0.2, -0.15) is 0 Å². The van der Waals surface area contributed by atoms with E-state index >= 15 is 0 Å². The van der Waals surface area contributed by atoms with Crippen molar-refractivity contribution in [1.82, 2.24) is 0 Å². The zero-order valence-corrected chi connectivity index (χ0v) is 6.31. The van der Waals surface area contributed by atoms with Crippen molar-refractivity contribution in [3.63, 3.8) is 0 Å². The summed E-state index contributed by atoms with van der Waals surface area (Å²) >= 11 is 0. The molecule has 0 bridgehead atoms. The maximum atomic E-state index is 10.9. The lowest BCUT2D eigenvalue weighted by Gasteiger charge is -2.10. The van der Waals surface area contributed by atoms with Gasteiger partial charge in [0.15, 0.2) is 5.78 Å². The van der Waals surface area contributed by atoms with Crippen LogP contribution in [0.25, 0.3) is 0 Å². The number of carbonyl (C=O) groups excluding carboxylic acids is 1. The molecule has 10 heavy (non-hydrogen) atoms. The molecule has 0 heterocycles. The fourth-order valence-electron chi connectivity index (χ4n) is 1.13. The second-order valence-electron chi connectivity index (χ2n) is 2.77. The minimum absolute atomic E-state index is 0.254. The zero-order valence-electron chi connectivity index (χ0n) is 6.31. The monoisotopic (exact) mass is 136 g/mol. The normalized spacial score (nSPS) is 18.5. The van der Waals surface area contributed by atoms with Gasteiger partial charge in [0.25, 0.3) is 0 Å². The standard InChI is InChI=1S/C9H12O/c1-7(2)8-4-3-5-9(10)6-8/h6H,1,3-5H2,2H3. The number of hydrogen-bond donors (Lipinski definition) is 0. The topological polar surface area (TPSA) is 17.1 Å². The molecule has 0 aliphatic heterocycles. The lowest BCUT2D eigenvalue weighted by molar-refractivity contribution is -0.115. The summed E-state index contributed by atoms with van der Waals surface area (Å²) < 4.78 is 0. The second kappa shape index (κ2) is 2.82. The molecule has 1 aliphatic rings. The molecule has 1 heteroatoms. The van der Waals surface area contributed by atoms with Crippen molar-refractivity contribution in [1.29, 1.82) is 0 Å². The Balaban J connectivity index is 2.75. The predicted octanol–water partition coefficient (Wildman–Crippen LogP) is 2.24. The van der Waals surface area contributed by atoms with Crippen LogP contribution in [0.5, 0.6) is 0 Å². The molecule has 1 nitrogen and oxygen atoms in total. The fourth-order valence-corrected chi connectivity index (χ4v) is 1.13. The molecule has 0 aromatic heterocycles. The van der Waals surface area contributed by atoms with Crippen molar-refractivity contribution in [3.05, 3.63) is 23.8 Å². The van der Waals surface area contributed by atoms with E-state index in [2.05, 4.69) is 6.58 Å². The number of rotatable bonds is 1. The van der Waals surface area contributed by atoms with E-state index in [-0.39, 0.29) is 5.78 Å². The van der Waals surface area contributed by atoms with Crippen molar-refractivity contribution in [2.45, 2.75) is 26.2 Å². The van der Waals surface area contributed by atoms with Gasteiger partial charge in [-0.25, -0.2) is 0 Å². The van der Waals surface area contributed by atoms with Gasteiger partial charge in [0.1, 0.15) is 0 Å². The van der Waals surface area contributed by atoms with Crippen LogP contribution in [0, 0.1) is 0 Å². The largest absolute Gasteiger partial charge is 0.295 e. The van der Waals surface area contributed by atoms with E-state index in [0.29, 0.717) is 0 Å². The van der Waals surface area contributed by atoms with Gasteiger partial charge in [-0.3, -0.25) is 4.79 Å². The van der Waals surface area contributed by atoms with Crippen molar-refractivity contribution < 1.29 is 4.79 Å². The lowest BCUT2D eigenvalue weighted by Crippen LogP contribution is -2.02. The van der Waals surface area contributed by atoms with Crippen LogP contribution in [0.3, 0.4) is 0 Å². The number of ketones is 1. The molecule has 0 unspecified atom stereocenters. The lowest BCUT2D eigenvalue weighted by atomic mass is 9.95. The van der Waals surface area contributed by atoms with Crippen LogP contribution in [0.4, 0.5) is 0 Å². The van der Waals surface area contributed by atoms with Crippen LogP contribution < -0.4 is 0 Å². The maximum absolute atomic E-state index is 10.9. The maximum Gasteiger partial charge on any atom is 0.155 e. The first kappa shape index (κ1) is 7.26. The Kier molecular flexibility index (Phi) is 2.05. The summed E-state index contributed by atoms with van der Waals surface area (Å²) in [6.45, 7) is 5.74. The molecule has 0 amide bonds. The van der Waals surface area contributed by atoms with Gasteiger partial charge >= 0.3 is 0 Å². The second-order valence-corrected chi connectivity index (χ2v) is 2.77. The number of hydrogen-bond acceptors (Lipinski definition) is 1. The van der Waals surface area contributed by atoms with Crippen molar-refractivity contribution >= 4 is 5.78 Å². The average Bonchev–Trinajstić information content (AvgIpc) is 1.88. The Hall–Kier alpha value is -0.850. The van der Waals surface area contributed by atoms with E-state index in [1.807, 2.05) is 6.92 Å². The van der Waals surface area contributed by atoms with Gasteiger partial charge in [-0.15, -0.1) is 0 Å². The summed E-state index contributed by atoms with van der Waals surface area (Å²) in [5.41, 5.74) is 2.17. The van der Waals surface area contributed by atoms with Gasteiger partial charge < -0.3 is 0 Å². The van der Waals surface area contributed by atoms with Gasteiger partial charge in [0.2, 0.25) is 0 Å². The van der Waals surface area contributed by atoms with Crippen molar-refractivity contribution in [2.75, 3.05) is 0 Å². The summed E-state index contributed by atoms with van der Waals surface area (Å²) in [6.07, 6.45) is 4.47. The molecule has 0 saturated carbocycles. The highest BCUT2D eigenvalue weighted by molar-refractivity contribution is 5.91. The Labute approximate surface area is 61.4 Å². The van der Waals surface area contributed by atoms with E-state index in [9.17, 15) is 4.79 Å². The quantitative estimate of drug-likeness (QED) is 0.540. The van der Waals surface area contributed by atoms with Gasteiger partial charge in [-0.05, 0) is 31.4 Å². The van der Waals surface area contributed by atoms with Gasteiger partial charge in [0.05, 0.1) is 0 Å². The molecule has 0 saturated heterocycles. The molecule has 0 aromatic carbocycles. The van der Waals surface area contributed by atoms with Crippen LogP contribution in [0.15, 0.2) is 23.8 Å². The first-order valence-electron chi connectivity index (χ1n) is 3.59. The molecule has 0 aromatic rings. The summed E-state index contributed by atoms with van der Waals surface area (Å²) in [5, 5.41) is 0. The molecule has 1 aliphatic carbocycles. The van der Waals surface area contributed by atoms with Crippen LogP contribution in [-0.4, -0.2) is 5.78 Å².